The number of rotatable bonds is 6. The summed E-state index contributed by atoms with van der Waals surface area (Å²) in [6.07, 6.45) is 0. The molecule has 0 saturated carbocycles. The van der Waals surface area contributed by atoms with Crippen molar-refractivity contribution in [1.29, 1.82) is 0 Å². The average molecular weight is 497 g/mol. The van der Waals surface area contributed by atoms with Gasteiger partial charge in [-0.05, 0) is 26.0 Å². The molecule has 0 amide bonds. The molecule has 0 radical (unpaired) electrons. The standard InChI is InChI=1S/C26H22N2O.2ClH.Ti/c1-19-11-3-5-13-21(19)27-23-15-7-9-17-25(23)29-26-18-10-8-16-24(26)28-22-14-6-4-12-20(22)2;;;/h3-18H,1-2H3;2*1H;/q-2;;;+2/p-2. The van der Waals surface area contributed by atoms with Gasteiger partial charge >= 0.3 is 35.6 Å². The summed E-state index contributed by atoms with van der Waals surface area (Å²) in [5, 5.41) is 9.62. The van der Waals surface area contributed by atoms with E-state index >= 15 is 0 Å². The van der Waals surface area contributed by atoms with Crippen molar-refractivity contribution in [3.05, 3.63) is 119 Å². The Balaban J connectivity index is 0.000000913. The summed E-state index contributed by atoms with van der Waals surface area (Å²) in [6, 6.07) is 31.8. The molecule has 4 aromatic carbocycles. The Labute approximate surface area is 206 Å². The second-order valence-corrected chi connectivity index (χ2v) is 9.48. The molecule has 0 aliphatic rings. The summed E-state index contributed by atoms with van der Waals surface area (Å²) in [5.74, 6) is 1.39. The van der Waals surface area contributed by atoms with E-state index in [1.54, 1.807) is 0 Å². The van der Waals surface area contributed by atoms with Gasteiger partial charge in [0.25, 0.3) is 0 Å². The van der Waals surface area contributed by atoms with E-state index in [4.69, 9.17) is 34.0 Å². The number of hydrogen-bond acceptors (Lipinski definition) is 1. The molecule has 0 fully saturated rings. The van der Waals surface area contributed by atoms with Crippen LogP contribution < -0.4 is 4.74 Å². The molecule has 4 rings (SSSR count). The van der Waals surface area contributed by atoms with Crippen molar-refractivity contribution in [2.45, 2.75) is 13.8 Å². The van der Waals surface area contributed by atoms with Crippen molar-refractivity contribution in [3.63, 3.8) is 0 Å². The van der Waals surface area contributed by atoms with Crippen LogP contribution in [0.2, 0.25) is 0 Å². The van der Waals surface area contributed by atoms with Crippen molar-refractivity contribution in [1.82, 2.24) is 0 Å². The first-order valence-corrected chi connectivity index (χ1v) is 14.3. The normalized spacial score (nSPS) is 9.88. The molecule has 0 saturated heterocycles. The van der Waals surface area contributed by atoms with Crippen molar-refractivity contribution < 1.29 is 21.8 Å². The number of ether oxygens (including phenoxy) is 1. The van der Waals surface area contributed by atoms with E-state index in [0.29, 0.717) is 11.5 Å². The van der Waals surface area contributed by atoms with Crippen LogP contribution in [0.25, 0.3) is 10.6 Å². The fourth-order valence-corrected chi connectivity index (χ4v) is 3.03. The van der Waals surface area contributed by atoms with Gasteiger partial charge in [0.15, 0.2) is 0 Å². The molecule has 4 aromatic rings. The Hall–Kier alpha value is -2.43. The molecule has 162 valence electrons. The SMILES string of the molecule is Cc1ccccc1[N-]c1ccccc1Oc1ccccc1[N-]c1ccccc1C.[Cl][Ti][Cl]. The summed E-state index contributed by atoms with van der Waals surface area (Å²) in [5.41, 5.74) is 5.68. The zero-order chi connectivity index (χ0) is 22.8. The number of para-hydroxylation sites is 6. The minimum absolute atomic E-state index is 0.556. The third-order valence-electron chi connectivity index (χ3n) is 4.66. The van der Waals surface area contributed by atoms with E-state index in [9.17, 15) is 0 Å². The second-order valence-electron chi connectivity index (χ2n) is 6.91. The van der Waals surface area contributed by atoms with Gasteiger partial charge in [-0.25, -0.2) is 0 Å². The van der Waals surface area contributed by atoms with Gasteiger partial charge in [-0.3, -0.25) is 0 Å². The molecule has 0 bridgehead atoms. The number of nitrogens with zero attached hydrogens (tertiary/aromatic N) is 2. The zero-order valence-corrected chi connectivity index (χ0v) is 20.9. The average Bonchev–Trinajstić information content (AvgIpc) is 2.80. The van der Waals surface area contributed by atoms with Crippen molar-refractivity contribution >= 4 is 41.4 Å². The Morgan fingerprint density at radius 2 is 0.844 bits per heavy atom. The first-order chi connectivity index (χ1) is 15.6. The third kappa shape index (κ3) is 6.78. The summed E-state index contributed by atoms with van der Waals surface area (Å²) < 4.78 is 6.28. The van der Waals surface area contributed by atoms with Crippen LogP contribution in [-0.2, 0) is 17.0 Å². The topological polar surface area (TPSA) is 37.4 Å². The van der Waals surface area contributed by atoms with Crippen molar-refractivity contribution in [3.8, 4) is 11.5 Å². The van der Waals surface area contributed by atoms with Gasteiger partial charge in [0, 0.05) is 0 Å². The summed E-state index contributed by atoms with van der Waals surface area (Å²) >= 11 is -0.556. The van der Waals surface area contributed by atoms with Gasteiger partial charge in [-0.1, -0.05) is 107 Å². The maximum absolute atomic E-state index is 6.28. The quantitative estimate of drug-likeness (QED) is 0.244. The number of aryl methyl sites for hydroxylation is 2. The van der Waals surface area contributed by atoms with E-state index in [0.717, 1.165) is 33.9 Å². The molecule has 0 unspecified atom stereocenters. The second kappa shape index (κ2) is 12.6. The van der Waals surface area contributed by atoms with E-state index in [1.165, 1.54) is 0 Å². The first-order valence-electron chi connectivity index (χ1n) is 9.99. The van der Waals surface area contributed by atoms with Crippen molar-refractivity contribution in [2.75, 3.05) is 0 Å². The molecule has 32 heavy (non-hydrogen) atoms. The van der Waals surface area contributed by atoms with Gasteiger partial charge in [0.2, 0.25) is 0 Å². The molecule has 3 nitrogen and oxygen atoms in total. The van der Waals surface area contributed by atoms with E-state index < -0.39 is 17.0 Å². The monoisotopic (exact) mass is 496 g/mol. The van der Waals surface area contributed by atoms with Gasteiger partial charge in [0.05, 0.1) is 0 Å². The van der Waals surface area contributed by atoms with E-state index in [2.05, 4.69) is 26.0 Å². The summed E-state index contributed by atoms with van der Waals surface area (Å²) in [6.45, 7) is 4.11. The zero-order valence-electron chi connectivity index (χ0n) is 17.8. The molecular formula is C26H22Cl2N2OTi-2. The van der Waals surface area contributed by atoms with Crippen molar-refractivity contribution in [2.24, 2.45) is 0 Å². The molecule has 0 atom stereocenters. The van der Waals surface area contributed by atoms with Crippen LogP contribution in [0.5, 0.6) is 11.5 Å². The number of benzene rings is 4. The number of hydrogen-bond donors (Lipinski definition) is 0. The van der Waals surface area contributed by atoms with Crippen LogP contribution in [0.1, 0.15) is 11.1 Å². The Bertz CT molecular complexity index is 1060. The van der Waals surface area contributed by atoms with Gasteiger partial charge < -0.3 is 15.4 Å². The molecule has 6 heteroatoms. The maximum atomic E-state index is 6.28. The fraction of sp³-hybridized carbons (Fsp3) is 0.0769. The van der Waals surface area contributed by atoms with Gasteiger partial charge in [-0.15, -0.1) is 11.4 Å². The van der Waals surface area contributed by atoms with Crippen LogP contribution in [0.4, 0.5) is 22.7 Å². The summed E-state index contributed by atoms with van der Waals surface area (Å²) in [4.78, 5) is 0. The summed E-state index contributed by atoms with van der Waals surface area (Å²) in [7, 11) is 9.78. The molecule has 0 heterocycles. The molecule has 0 aliphatic carbocycles. The third-order valence-corrected chi connectivity index (χ3v) is 4.66. The number of halogens is 2. The molecule has 0 aliphatic heterocycles. The van der Waals surface area contributed by atoms with Crippen LogP contribution in [0.15, 0.2) is 97.1 Å². The molecular weight excluding hydrogens is 475 g/mol. The predicted molar refractivity (Wildman–Crippen MR) is 132 cm³/mol. The fourth-order valence-electron chi connectivity index (χ4n) is 3.03. The predicted octanol–water partition coefficient (Wildman–Crippen LogP) is 10.1. The van der Waals surface area contributed by atoms with Crippen LogP contribution in [-0.4, -0.2) is 0 Å². The van der Waals surface area contributed by atoms with Crippen LogP contribution in [0.3, 0.4) is 0 Å². The van der Waals surface area contributed by atoms with E-state index in [1.807, 2.05) is 84.9 Å². The Morgan fingerprint density at radius 1 is 0.531 bits per heavy atom. The van der Waals surface area contributed by atoms with Crippen LogP contribution >= 0.6 is 18.6 Å². The molecule has 0 aromatic heterocycles. The molecule has 0 N–H and O–H groups in total. The Morgan fingerprint density at radius 3 is 1.22 bits per heavy atom. The van der Waals surface area contributed by atoms with Gasteiger partial charge in [-0.2, -0.15) is 0 Å². The minimum atomic E-state index is -0.556. The van der Waals surface area contributed by atoms with E-state index in [-0.39, 0.29) is 0 Å². The Kier molecular flexibility index (Phi) is 9.51. The molecule has 0 spiro atoms. The first kappa shape index (κ1) is 24.2. The van der Waals surface area contributed by atoms with Crippen LogP contribution in [0, 0.1) is 13.8 Å². The van der Waals surface area contributed by atoms with Gasteiger partial charge in [0.1, 0.15) is 11.5 Å².